The van der Waals surface area contributed by atoms with E-state index in [1.165, 1.54) is 47.3 Å². The van der Waals surface area contributed by atoms with Crippen LogP contribution >= 0.6 is 46.8 Å². The van der Waals surface area contributed by atoms with Gasteiger partial charge in [-0.2, -0.15) is 21.1 Å². The fraction of sp³-hybridized carbons (Fsp3) is 0.444. The van der Waals surface area contributed by atoms with E-state index < -0.39 is 29.2 Å². The first kappa shape index (κ1) is 28.6. The normalized spacial score (nSPS) is 18.9. The number of hydrogen-bond donors (Lipinski definition) is 5. The average molecular weight is 615 g/mol. The third-order valence-corrected chi connectivity index (χ3v) is 9.08. The lowest BCUT2D eigenvalue weighted by Crippen LogP contribution is -2.71. The summed E-state index contributed by atoms with van der Waals surface area (Å²) in [4.78, 5) is 47.8. The number of carbonyl (C=O) groups excluding carboxylic acids is 2. The first-order valence-corrected chi connectivity index (χ1v) is 14.9. The number of aliphatic carboxylic acids is 1. The minimum atomic E-state index is -1.25. The molecule has 0 aromatic carbocycles. The molecule has 0 spiro atoms. The van der Waals surface area contributed by atoms with Gasteiger partial charge < -0.3 is 26.7 Å². The minimum absolute atomic E-state index is 0.0537. The maximum Gasteiger partial charge on any atom is 0.352 e. The number of carboxylic acids is 1. The second-order valence-electron chi connectivity index (χ2n) is 7.75. The number of hydrogen-bond acceptors (Lipinski definition) is 16. The monoisotopic (exact) mass is 614 g/mol. The van der Waals surface area contributed by atoms with E-state index in [2.05, 4.69) is 35.4 Å². The quantitative estimate of drug-likeness (QED) is 0.0437. The highest BCUT2D eigenvalue weighted by molar-refractivity contribution is 8.01. The number of nitrogen functional groups attached to an aromatic ring is 1. The number of carboxylic acid groups (broad SMARTS) is 1. The van der Waals surface area contributed by atoms with Gasteiger partial charge in [0.25, 0.3) is 11.8 Å². The first-order valence-electron chi connectivity index (χ1n) is 10.9. The molecule has 17 nitrogen and oxygen atoms in total. The lowest BCUT2D eigenvalue weighted by molar-refractivity contribution is -0.150. The number of aryl methyl sites for hydroxylation is 1. The maximum absolute atomic E-state index is 13.0. The molecule has 39 heavy (non-hydrogen) atoms. The number of thioether (sulfide) groups is 3. The number of aromatic nitrogens is 6. The summed E-state index contributed by atoms with van der Waals surface area (Å²) < 4.78 is 5.53. The minimum Gasteiger partial charge on any atom is -0.477 e. The van der Waals surface area contributed by atoms with Crippen molar-refractivity contribution in [1.82, 2.24) is 39.8 Å². The van der Waals surface area contributed by atoms with Crippen LogP contribution in [0.4, 0.5) is 5.13 Å². The molecule has 2 amide bonds. The van der Waals surface area contributed by atoms with Crippen LogP contribution in [0.15, 0.2) is 21.6 Å². The van der Waals surface area contributed by atoms with Crippen molar-refractivity contribution in [1.29, 1.82) is 5.41 Å². The number of nitrogens with zero attached hydrogens (tertiary/aromatic N) is 8. The summed E-state index contributed by atoms with van der Waals surface area (Å²) in [5, 5.41) is 35.0. The molecule has 0 bridgehead atoms. The zero-order valence-electron chi connectivity index (χ0n) is 20.1. The number of carbonyl (C=O) groups is 3. The van der Waals surface area contributed by atoms with Crippen molar-refractivity contribution >= 4 is 81.3 Å². The van der Waals surface area contributed by atoms with Crippen LogP contribution < -0.4 is 16.8 Å². The van der Waals surface area contributed by atoms with E-state index in [-0.39, 0.29) is 34.0 Å². The number of amidine groups is 1. The van der Waals surface area contributed by atoms with Crippen molar-refractivity contribution in [3.05, 3.63) is 17.1 Å². The lowest BCUT2D eigenvalue weighted by atomic mass is 10.0. The lowest BCUT2D eigenvalue weighted by Gasteiger charge is -2.49. The first-order chi connectivity index (χ1) is 18.7. The average Bonchev–Trinajstić information content (AvgIpc) is 3.54. The molecular formula is C18H22N12O5S4. The van der Waals surface area contributed by atoms with Crippen LogP contribution in [0.5, 0.6) is 0 Å². The van der Waals surface area contributed by atoms with Gasteiger partial charge in [-0.3, -0.25) is 19.9 Å². The van der Waals surface area contributed by atoms with Gasteiger partial charge in [0.1, 0.15) is 30.1 Å². The molecule has 0 saturated carbocycles. The van der Waals surface area contributed by atoms with E-state index in [9.17, 15) is 19.5 Å². The Hall–Kier alpha value is -3.43. The van der Waals surface area contributed by atoms with Crippen molar-refractivity contribution < 1.29 is 24.3 Å². The van der Waals surface area contributed by atoms with Gasteiger partial charge in [-0.1, -0.05) is 16.9 Å². The number of nitrogens with two attached hydrogens (primary N) is 2. The van der Waals surface area contributed by atoms with E-state index in [1.807, 2.05) is 0 Å². The number of oxime groups is 1. The molecule has 0 radical (unpaired) electrons. The number of nitrogens with one attached hydrogen (secondary N) is 2. The van der Waals surface area contributed by atoms with Crippen LogP contribution in [0.3, 0.4) is 0 Å². The van der Waals surface area contributed by atoms with Gasteiger partial charge in [0.2, 0.25) is 16.7 Å². The predicted molar refractivity (Wildman–Crippen MR) is 145 cm³/mol. The highest BCUT2D eigenvalue weighted by atomic mass is 32.2. The van der Waals surface area contributed by atoms with Crippen molar-refractivity contribution in [2.24, 2.45) is 10.9 Å². The molecule has 208 valence electrons. The topological polar surface area (TPSA) is 254 Å². The molecule has 2 aliphatic rings. The fourth-order valence-corrected chi connectivity index (χ4v) is 7.02. The largest absolute Gasteiger partial charge is 0.477 e. The number of fused-ring (bicyclic) bond motifs is 1. The summed E-state index contributed by atoms with van der Waals surface area (Å²) in [5.41, 5.74) is 11.1. The smallest absolute Gasteiger partial charge is 0.352 e. The second-order valence-corrected chi connectivity index (χ2v) is 11.7. The summed E-state index contributed by atoms with van der Waals surface area (Å²) >= 11 is 4.91. The molecule has 21 heteroatoms. The molecule has 2 aromatic rings. The van der Waals surface area contributed by atoms with Crippen LogP contribution in [0, 0.1) is 5.41 Å². The van der Waals surface area contributed by atoms with E-state index in [4.69, 9.17) is 21.7 Å². The Balaban J connectivity index is 1.42. The Kier molecular flexibility index (Phi) is 9.24. The number of amides is 2. The highest BCUT2D eigenvalue weighted by Gasteiger charge is 2.54. The van der Waals surface area contributed by atoms with Crippen molar-refractivity contribution in [2.45, 2.75) is 23.1 Å². The summed E-state index contributed by atoms with van der Waals surface area (Å²) in [7, 11) is 1.24. The Morgan fingerprint density at radius 1 is 1.41 bits per heavy atom. The molecule has 2 aromatic heterocycles. The maximum atomic E-state index is 13.0. The molecule has 0 unspecified atom stereocenters. The van der Waals surface area contributed by atoms with Crippen LogP contribution in [0.1, 0.15) is 5.82 Å². The Morgan fingerprint density at radius 3 is 2.87 bits per heavy atom. The zero-order chi connectivity index (χ0) is 28.1. The number of anilines is 1. The van der Waals surface area contributed by atoms with Gasteiger partial charge in [-0.15, -0.1) is 16.9 Å². The summed E-state index contributed by atoms with van der Waals surface area (Å²) in [6.45, 7) is 0.484. The molecule has 0 aliphatic carbocycles. The number of tetrazole rings is 1. The van der Waals surface area contributed by atoms with Gasteiger partial charge >= 0.3 is 5.97 Å². The van der Waals surface area contributed by atoms with Crippen molar-refractivity contribution in [3.63, 3.8) is 0 Å². The predicted octanol–water partition coefficient (Wildman–Crippen LogP) is -1.34. The Labute approximate surface area is 237 Å². The Morgan fingerprint density at radius 2 is 2.21 bits per heavy atom. The van der Waals surface area contributed by atoms with Crippen LogP contribution in [0.2, 0.25) is 0 Å². The van der Waals surface area contributed by atoms with Crippen LogP contribution in [-0.4, -0.2) is 110 Å². The van der Waals surface area contributed by atoms with Crippen LogP contribution in [-0.2, 0) is 25.8 Å². The fourth-order valence-electron chi connectivity index (χ4n) is 3.54. The molecule has 1 fully saturated rings. The summed E-state index contributed by atoms with van der Waals surface area (Å²) in [6, 6.07) is -0.983. The molecule has 4 heterocycles. The second kappa shape index (κ2) is 12.6. The molecule has 7 N–H and O–H groups in total. The van der Waals surface area contributed by atoms with Gasteiger partial charge in [-0.25, -0.2) is 9.48 Å². The van der Waals surface area contributed by atoms with E-state index in [0.717, 1.165) is 11.5 Å². The molecule has 2 atom stereocenters. The third-order valence-electron chi connectivity index (χ3n) is 5.17. The standard InChI is InChI=1S/C18H22N12O5S4/c1-35-25-9(12-23-17(21)39-26-12)13(31)22-10-14(32)30-11(16(33)34)7(4-37-15(10)30)5-38-18-24-27-28-29(18)2-3-36-6-8(19)20/h10,15H,2-6H2,1H3,(H3,19,20)(H,22,31)(H,33,34)(H2,21,23,26)/b25-9-/t10-,15-/m1/s1. The van der Waals surface area contributed by atoms with Crippen LogP contribution in [0.25, 0.3) is 0 Å². The molecule has 4 rings (SSSR count). The summed E-state index contributed by atoms with van der Waals surface area (Å²) in [6.07, 6.45) is 0. The third kappa shape index (κ3) is 6.42. The molecule has 1 saturated heterocycles. The zero-order valence-corrected chi connectivity index (χ0v) is 23.4. The Bertz CT molecular complexity index is 1340. The summed E-state index contributed by atoms with van der Waals surface area (Å²) in [5.74, 6) is -0.963. The van der Waals surface area contributed by atoms with E-state index >= 15 is 0 Å². The van der Waals surface area contributed by atoms with Gasteiger partial charge in [0.15, 0.2) is 5.13 Å². The van der Waals surface area contributed by atoms with Crippen molar-refractivity contribution in [3.8, 4) is 0 Å². The molecular weight excluding hydrogens is 593 g/mol. The molecule has 2 aliphatic heterocycles. The van der Waals surface area contributed by atoms with E-state index in [0.29, 0.717) is 34.5 Å². The van der Waals surface area contributed by atoms with Gasteiger partial charge in [0, 0.05) is 28.8 Å². The SMILES string of the molecule is CO/N=C(\C(=O)N[C@@H]1C(=O)N2C(C(=O)O)=C(CSc3nnnn3CCSCC(=N)N)CS[C@H]12)c1nsc(N)n1. The van der Waals surface area contributed by atoms with Crippen molar-refractivity contribution in [2.75, 3.05) is 35.9 Å². The highest BCUT2D eigenvalue weighted by Crippen LogP contribution is 2.41. The van der Waals surface area contributed by atoms with E-state index in [1.54, 1.807) is 4.68 Å². The number of β-lactam (4-membered cyclic amide) rings is 1. The number of rotatable bonds is 13. The van der Waals surface area contributed by atoms with Gasteiger partial charge in [-0.05, 0) is 16.0 Å². The van der Waals surface area contributed by atoms with Gasteiger partial charge in [0.05, 0.1) is 12.3 Å².